The van der Waals surface area contributed by atoms with E-state index in [0.717, 1.165) is 25.9 Å². The monoisotopic (exact) mass is 316 g/mol. The maximum Gasteiger partial charge on any atom is 0.220 e. The summed E-state index contributed by atoms with van der Waals surface area (Å²) in [5.41, 5.74) is 0. The van der Waals surface area contributed by atoms with Crippen molar-refractivity contribution in [1.29, 1.82) is 0 Å². The summed E-state index contributed by atoms with van der Waals surface area (Å²) in [6.07, 6.45) is 3.12. The highest BCUT2D eigenvalue weighted by Gasteiger charge is 2.14. The second-order valence-electron chi connectivity index (χ2n) is 5.00. The first-order valence-corrected chi connectivity index (χ1v) is 7.12. The number of nitrogens with one attached hydrogen (secondary N) is 2. The van der Waals surface area contributed by atoms with Crippen LogP contribution in [0.3, 0.4) is 0 Å². The normalized spacial score (nSPS) is 15.1. The maximum absolute atomic E-state index is 12.7. The largest absolute Gasteiger partial charge is 0.494 e. The van der Waals surface area contributed by atoms with E-state index in [-0.39, 0.29) is 24.1 Å². The summed E-state index contributed by atoms with van der Waals surface area (Å²) >= 11 is 0. The van der Waals surface area contributed by atoms with Gasteiger partial charge in [-0.3, -0.25) is 4.79 Å². The zero-order chi connectivity index (χ0) is 14.2. The topological polar surface area (TPSA) is 50.4 Å². The highest BCUT2D eigenvalue weighted by atomic mass is 35.5. The van der Waals surface area contributed by atoms with Crippen LogP contribution in [-0.4, -0.2) is 31.6 Å². The van der Waals surface area contributed by atoms with Gasteiger partial charge in [0.2, 0.25) is 5.91 Å². The van der Waals surface area contributed by atoms with Crippen molar-refractivity contribution in [2.75, 3.05) is 19.7 Å². The van der Waals surface area contributed by atoms with Crippen LogP contribution in [0.25, 0.3) is 0 Å². The quantitative estimate of drug-likeness (QED) is 0.792. The molecule has 2 rings (SSSR count). The summed E-state index contributed by atoms with van der Waals surface area (Å²) in [5.74, 6) is 0.434. The molecule has 1 aromatic carbocycles. The van der Waals surface area contributed by atoms with Gasteiger partial charge in [0, 0.05) is 12.5 Å². The highest BCUT2D eigenvalue weighted by molar-refractivity contribution is 5.85. The SMILES string of the molecule is Cl.O=C(CCCOc1ccc(F)cc1)NC1CCNCC1. The average molecular weight is 317 g/mol. The Morgan fingerprint density at radius 2 is 1.95 bits per heavy atom. The average Bonchev–Trinajstić information content (AvgIpc) is 2.46. The van der Waals surface area contributed by atoms with Gasteiger partial charge in [-0.1, -0.05) is 0 Å². The minimum atomic E-state index is -0.279. The molecule has 1 fully saturated rings. The lowest BCUT2D eigenvalue weighted by molar-refractivity contribution is -0.122. The molecule has 0 bridgehead atoms. The van der Waals surface area contributed by atoms with Crippen LogP contribution in [0.1, 0.15) is 25.7 Å². The van der Waals surface area contributed by atoms with E-state index >= 15 is 0 Å². The predicted molar refractivity (Wildman–Crippen MR) is 82.4 cm³/mol. The minimum absolute atomic E-state index is 0. The molecule has 1 aliphatic rings. The lowest BCUT2D eigenvalue weighted by Gasteiger charge is -2.23. The van der Waals surface area contributed by atoms with Gasteiger partial charge >= 0.3 is 0 Å². The Balaban J connectivity index is 0.00000220. The third-order valence-electron chi connectivity index (χ3n) is 3.33. The fourth-order valence-electron chi connectivity index (χ4n) is 2.22. The number of ether oxygens (including phenoxy) is 1. The van der Waals surface area contributed by atoms with E-state index in [0.29, 0.717) is 31.2 Å². The molecule has 0 spiro atoms. The molecule has 21 heavy (non-hydrogen) atoms. The number of benzene rings is 1. The molecule has 1 saturated heterocycles. The standard InChI is InChI=1S/C15H21FN2O2.ClH/c16-12-3-5-14(6-4-12)20-11-1-2-15(19)18-13-7-9-17-10-8-13;/h3-6,13,17H,1-2,7-11H2,(H,18,19);1H. The third-order valence-corrected chi connectivity index (χ3v) is 3.33. The van der Waals surface area contributed by atoms with Gasteiger partial charge in [0.15, 0.2) is 0 Å². The van der Waals surface area contributed by atoms with Crippen LogP contribution >= 0.6 is 12.4 Å². The Labute approximate surface area is 130 Å². The molecule has 1 aliphatic heterocycles. The predicted octanol–water partition coefficient (Wildman–Crippen LogP) is 2.27. The van der Waals surface area contributed by atoms with E-state index in [2.05, 4.69) is 10.6 Å². The number of piperidine rings is 1. The van der Waals surface area contributed by atoms with Crippen LogP contribution < -0.4 is 15.4 Å². The summed E-state index contributed by atoms with van der Waals surface area (Å²) in [6.45, 7) is 2.41. The van der Waals surface area contributed by atoms with E-state index in [1.54, 1.807) is 12.1 Å². The molecule has 0 atom stereocenters. The first kappa shape index (κ1) is 17.7. The first-order valence-electron chi connectivity index (χ1n) is 7.12. The zero-order valence-electron chi connectivity index (χ0n) is 11.9. The Hall–Kier alpha value is -1.33. The first-order chi connectivity index (χ1) is 9.74. The summed E-state index contributed by atoms with van der Waals surface area (Å²) < 4.78 is 18.1. The number of hydrogen-bond acceptors (Lipinski definition) is 3. The van der Waals surface area contributed by atoms with Crippen LogP contribution in [0, 0.1) is 5.82 Å². The molecule has 2 N–H and O–H groups in total. The molecule has 0 saturated carbocycles. The van der Waals surface area contributed by atoms with E-state index in [1.165, 1.54) is 12.1 Å². The van der Waals surface area contributed by atoms with Crippen LogP contribution in [0.15, 0.2) is 24.3 Å². The summed E-state index contributed by atoms with van der Waals surface area (Å²) in [5, 5.41) is 6.31. The van der Waals surface area contributed by atoms with Crippen molar-refractivity contribution in [1.82, 2.24) is 10.6 Å². The molecule has 0 radical (unpaired) electrons. The lowest BCUT2D eigenvalue weighted by Crippen LogP contribution is -2.42. The van der Waals surface area contributed by atoms with Crippen molar-refractivity contribution in [3.05, 3.63) is 30.1 Å². The van der Waals surface area contributed by atoms with Gasteiger partial charge in [-0.05, 0) is 56.6 Å². The smallest absolute Gasteiger partial charge is 0.220 e. The summed E-state index contributed by atoms with van der Waals surface area (Å²) in [7, 11) is 0. The number of hydrogen-bond donors (Lipinski definition) is 2. The van der Waals surface area contributed by atoms with Gasteiger partial charge in [-0.2, -0.15) is 0 Å². The van der Waals surface area contributed by atoms with E-state index < -0.39 is 0 Å². The van der Waals surface area contributed by atoms with Gasteiger partial charge < -0.3 is 15.4 Å². The number of halogens is 2. The van der Waals surface area contributed by atoms with Crippen molar-refractivity contribution in [3.8, 4) is 5.75 Å². The Bertz CT molecular complexity index is 422. The summed E-state index contributed by atoms with van der Waals surface area (Å²) in [6, 6.07) is 6.20. The fraction of sp³-hybridized carbons (Fsp3) is 0.533. The van der Waals surface area contributed by atoms with Crippen molar-refractivity contribution >= 4 is 18.3 Å². The van der Waals surface area contributed by atoms with Crippen LogP contribution in [-0.2, 0) is 4.79 Å². The van der Waals surface area contributed by atoms with Crippen molar-refractivity contribution in [2.24, 2.45) is 0 Å². The Morgan fingerprint density at radius 1 is 1.29 bits per heavy atom. The Morgan fingerprint density at radius 3 is 2.62 bits per heavy atom. The minimum Gasteiger partial charge on any atom is -0.494 e. The van der Waals surface area contributed by atoms with Crippen LogP contribution in [0.2, 0.25) is 0 Å². The number of rotatable bonds is 6. The van der Waals surface area contributed by atoms with E-state index in [4.69, 9.17) is 4.74 Å². The van der Waals surface area contributed by atoms with Gasteiger partial charge in [-0.25, -0.2) is 4.39 Å². The van der Waals surface area contributed by atoms with Crippen molar-refractivity contribution < 1.29 is 13.9 Å². The molecule has 1 aromatic rings. The molecule has 1 heterocycles. The molecule has 0 unspecified atom stereocenters. The van der Waals surface area contributed by atoms with Gasteiger partial charge in [0.1, 0.15) is 11.6 Å². The lowest BCUT2D eigenvalue weighted by atomic mass is 10.1. The molecule has 4 nitrogen and oxygen atoms in total. The second-order valence-corrected chi connectivity index (χ2v) is 5.00. The summed E-state index contributed by atoms with van der Waals surface area (Å²) in [4.78, 5) is 11.7. The van der Waals surface area contributed by atoms with Crippen LogP contribution in [0.4, 0.5) is 4.39 Å². The van der Waals surface area contributed by atoms with E-state index in [1.807, 2.05) is 0 Å². The molecular formula is C15H22ClFN2O2. The molecule has 0 aliphatic carbocycles. The number of amides is 1. The third kappa shape index (κ3) is 6.78. The molecule has 6 heteroatoms. The van der Waals surface area contributed by atoms with Gasteiger partial charge in [0.05, 0.1) is 6.61 Å². The zero-order valence-corrected chi connectivity index (χ0v) is 12.8. The van der Waals surface area contributed by atoms with E-state index in [9.17, 15) is 9.18 Å². The molecular weight excluding hydrogens is 295 g/mol. The molecule has 0 aromatic heterocycles. The number of carbonyl (C=O) groups is 1. The second kappa shape index (κ2) is 9.58. The van der Waals surface area contributed by atoms with Crippen molar-refractivity contribution in [2.45, 2.75) is 31.7 Å². The maximum atomic E-state index is 12.7. The number of carbonyl (C=O) groups excluding carboxylic acids is 1. The molecule has 1 amide bonds. The van der Waals surface area contributed by atoms with Gasteiger partial charge in [-0.15, -0.1) is 12.4 Å². The van der Waals surface area contributed by atoms with Crippen molar-refractivity contribution in [3.63, 3.8) is 0 Å². The molecule has 118 valence electrons. The Kier molecular flexibility index (Phi) is 8.08. The van der Waals surface area contributed by atoms with Crippen LogP contribution in [0.5, 0.6) is 5.75 Å². The van der Waals surface area contributed by atoms with Gasteiger partial charge in [0.25, 0.3) is 0 Å². The fourth-order valence-corrected chi connectivity index (χ4v) is 2.22. The highest BCUT2D eigenvalue weighted by Crippen LogP contribution is 2.11.